The van der Waals surface area contributed by atoms with Gasteiger partial charge in [-0.15, -0.1) is 0 Å². The molecule has 4 heteroatoms. The Morgan fingerprint density at radius 2 is 1.60 bits per heavy atom. The van der Waals surface area contributed by atoms with Gasteiger partial charge in [0.1, 0.15) is 0 Å². The second-order valence-electron chi connectivity index (χ2n) is 5.81. The van der Waals surface area contributed by atoms with Crippen molar-refractivity contribution >= 4 is 34.0 Å². The first-order chi connectivity index (χ1) is 9.45. The summed E-state index contributed by atoms with van der Waals surface area (Å²) in [7, 11) is 0. The van der Waals surface area contributed by atoms with E-state index in [4.69, 9.17) is 0 Å². The molecule has 0 amide bonds. The van der Waals surface area contributed by atoms with Crippen LogP contribution in [0.2, 0.25) is 0 Å². The van der Waals surface area contributed by atoms with Crippen LogP contribution in [0.4, 0.5) is 0 Å². The van der Waals surface area contributed by atoms with Crippen molar-refractivity contribution in [2.45, 2.75) is 44.7 Å². The molecule has 0 aliphatic carbocycles. The van der Waals surface area contributed by atoms with E-state index < -0.39 is 6.49 Å². The number of benzene rings is 2. The van der Waals surface area contributed by atoms with Crippen LogP contribution < -0.4 is 5.30 Å². The summed E-state index contributed by atoms with van der Waals surface area (Å²) in [5.41, 5.74) is 0. The van der Waals surface area contributed by atoms with E-state index in [2.05, 4.69) is 56.6 Å². The first-order valence-corrected chi connectivity index (χ1v) is 10.1. The van der Waals surface area contributed by atoms with Gasteiger partial charge in [-0.05, 0) is 56.6 Å². The van der Waals surface area contributed by atoms with E-state index in [0.29, 0.717) is 0 Å². The van der Waals surface area contributed by atoms with Crippen LogP contribution in [0.25, 0.3) is 10.8 Å². The molecule has 20 heavy (non-hydrogen) atoms. The predicted octanol–water partition coefficient (Wildman–Crippen LogP) is 4.88. The molecule has 1 heterocycles. The molecule has 0 spiro atoms. The van der Waals surface area contributed by atoms with Gasteiger partial charge in [-0.2, -0.15) is 0 Å². The van der Waals surface area contributed by atoms with E-state index >= 15 is 0 Å². The SMILES string of the molecule is CC(C)N(C(C)C)[P@]1(=O)Sc2cccc3cccc1c23. The van der Waals surface area contributed by atoms with E-state index in [9.17, 15) is 4.57 Å². The van der Waals surface area contributed by atoms with E-state index in [1.54, 1.807) is 11.4 Å². The fraction of sp³-hybridized carbons (Fsp3) is 0.375. The average molecular weight is 305 g/mol. The van der Waals surface area contributed by atoms with Gasteiger partial charge < -0.3 is 0 Å². The van der Waals surface area contributed by atoms with Gasteiger partial charge in [0.2, 0.25) is 6.49 Å². The van der Waals surface area contributed by atoms with Crippen LogP contribution in [0.15, 0.2) is 41.3 Å². The van der Waals surface area contributed by atoms with Crippen molar-refractivity contribution in [1.29, 1.82) is 0 Å². The summed E-state index contributed by atoms with van der Waals surface area (Å²) in [4.78, 5) is 1.16. The molecule has 106 valence electrons. The highest BCUT2D eigenvalue weighted by Crippen LogP contribution is 2.70. The van der Waals surface area contributed by atoms with Crippen LogP contribution in [0, 0.1) is 0 Å². The lowest BCUT2D eigenvalue weighted by Crippen LogP contribution is -2.35. The van der Waals surface area contributed by atoms with Crippen LogP contribution in [-0.4, -0.2) is 16.8 Å². The highest BCUT2D eigenvalue weighted by Gasteiger charge is 2.43. The van der Waals surface area contributed by atoms with Gasteiger partial charge in [-0.3, -0.25) is 4.57 Å². The minimum Gasteiger partial charge on any atom is -0.289 e. The lowest BCUT2D eigenvalue weighted by Gasteiger charge is -2.35. The van der Waals surface area contributed by atoms with Gasteiger partial charge in [0.25, 0.3) is 0 Å². The Bertz CT molecular complexity index is 697. The van der Waals surface area contributed by atoms with Crippen molar-refractivity contribution in [2.75, 3.05) is 0 Å². The molecule has 1 aliphatic rings. The van der Waals surface area contributed by atoms with Gasteiger partial charge >= 0.3 is 0 Å². The van der Waals surface area contributed by atoms with E-state index in [0.717, 1.165) is 10.2 Å². The Balaban J connectivity index is 2.25. The summed E-state index contributed by atoms with van der Waals surface area (Å²) in [6, 6.07) is 13.0. The van der Waals surface area contributed by atoms with E-state index in [1.807, 2.05) is 12.1 Å². The fourth-order valence-electron chi connectivity index (χ4n) is 3.16. The number of hydrogen-bond donors (Lipinski definition) is 0. The zero-order valence-electron chi connectivity index (χ0n) is 12.3. The molecule has 0 unspecified atom stereocenters. The largest absolute Gasteiger partial charge is 0.289 e. The molecule has 3 rings (SSSR count). The summed E-state index contributed by atoms with van der Waals surface area (Å²) < 4.78 is 16.0. The third-order valence-electron chi connectivity index (χ3n) is 3.73. The second kappa shape index (κ2) is 4.91. The predicted molar refractivity (Wildman–Crippen MR) is 89.2 cm³/mol. The summed E-state index contributed by atoms with van der Waals surface area (Å²) in [5, 5.41) is 3.41. The molecule has 0 fully saturated rings. The molecule has 0 saturated heterocycles. The Labute approximate surface area is 124 Å². The van der Waals surface area contributed by atoms with Gasteiger partial charge in [-0.1, -0.05) is 24.3 Å². The number of rotatable bonds is 3. The van der Waals surface area contributed by atoms with Crippen LogP contribution in [0.1, 0.15) is 27.7 Å². The molecule has 0 saturated carbocycles. The third kappa shape index (κ3) is 1.95. The summed E-state index contributed by atoms with van der Waals surface area (Å²) in [6.45, 7) is 5.91. The first-order valence-electron chi connectivity index (χ1n) is 7.06. The van der Waals surface area contributed by atoms with Crippen molar-refractivity contribution in [2.24, 2.45) is 0 Å². The molecule has 2 aromatic carbocycles. The van der Waals surface area contributed by atoms with Crippen LogP contribution >= 0.6 is 17.9 Å². The van der Waals surface area contributed by atoms with Crippen LogP contribution in [-0.2, 0) is 4.57 Å². The summed E-state index contributed by atoms with van der Waals surface area (Å²) in [5.74, 6) is 0. The Morgan fingerprint density at radius 3 is 2.20 bits per heavy atom. The Hall–Kier alpha value is -0.760. The Kier molecular flexibility index (Phi) is 3.48. The normalized spacial score (nSPS) is 21.6. The van der Waals surface area contributed by atoms with Crippen molar-refractivity contribution < 1.29 is 4.57 Å². The smallest absolute Gasteiger partial charge is 0.237 e. The molecule has 2 aromatic rings. The Morgan fingerprint density at radius 1 is 1.00 bits per heavy atom. The molecule has 0 N–H and O–H groups in total. The van der Waals surface area contributed by atoms with Gasteiger partial charge in [0.15, 0.2) is 0 Å². The maximum atomic E-state index is 13.8. The molecule has 1 aliphatic heterocycles. The van der Waals surface area contributed by atoms with E-state index in [1.165, 1.54) is 10.8 Å². The quantitative estimate of drug-likeness (QED) is 0.754. The highest BCUT2D eigenvalue weighted by molar-refractivity contribution is 8.60. The highest BCUT2D eigenvalue weighted by atomic mass is 32.7. The minimum atomic E-state index is -2.60. The van der Waals surface area contributed by atoms with Gasteiger partial charge in [0.05, 0.1) is 0 Å². The molecule has 0 aromatic heterocycles. The fourth-order valence-corrected chi connectivity index (χ4v) is 9.84. The summed E-state index contributed by atoms with van der Waals surface area (Å²) in [6.07, 6.45) is 0. The molecule has 2 nitrogen and oxygen atoms in total. The van der Waals surface area contributed by atoms with E-state index in [-0.39, 0.29) is 12.1 Å². The van der Waals surface area contributed by atoms with Gasteiger partial charge in [-0.25, -0.2) is 4.67 Å². The monoisotopic (exact) mass is 305 g/mol. The maximum absolute atomic E-state index is 13.8. The van der Waals surface area contributed by atoms with Crippen molar-refractivity contribution in [3.05, 3.63) is 36.4 Å². The van der Waals surface area contributed by atoms with Gasteiger partial charge in [0, 0.05) is 27.7 Å². The molecule has 0 radical (unpaired) electrons. The first kappa shape index (κ1) is 14.2. The topological polar surface area (TPSA) is 20.3 Å². The minimum absolute atomic E-state index is 0.262. The number of nitrogens with zero attached hydrogens (tertiary/aromatic N) is 1. The molecule has 1 atom stereocenters. The summed E-state index contributed by atoms with van der Waals surface area (Å²) >= 11 is 1.56. The molecular weight excluding hydrogens is 285 g/mol. The average Bonchev–Trinajstić information content (AvgIpc) is 2.64. The molecular formula is C16H20NOPS. The van der Waals surface area contributed by atoms with Crippen molar-refractivity contribution in [3.63, 3.8) is 0 Å². The van der Waals surface area contributed by atoms with Crippen LogP contribution in [0.3, 0.4) is 0 Å². The number of hydrogen-bond acceptors (Lipinski definition) is 2. The second-order valence-corrected chi connectivity index (χ2v) is 10.5. The zero-order valence-corrected chi connectivity index (χ0v) is 14.0. The lowest BCUT2D eigenvalue weighted by molar-refractivity contribution is 0.310. The maximum Gasteiger partial charge on any atom is 0.237 e. The third-order valence-corrected chi connectivity index (χ3v) is 9.52. The van der Waals surface area contributed by atoms with Crippen molar-refractivity contribution in [1.82, 2.24) is 4.67 Å². The molecule has 0 bridgehead atoms. The van der Waals surface area contributed by atoms with Crippen molar-refractivity contribution in [3.8, 4) is 0 Å². The zero-order chi connectivity index (χ0) is 14.5. The lowest BCUT2D eigenvalue weighted by atomic mass is 10.1. The van der Waals surface area contributed by atoms with Crippen LogP contribution in [0.5, 0.6) is 0 Å². The standard InChI is InChI=1S/C16H20NOPS/c1-11(2)17(12(3)4)19(18)14-9-5-7-13-8-6-10-15(20-19)16(13)14/h5-12H,1-4H3/t19-/m1/s1.